The second kappa shape index (κ2) is 4.42. The van der Waals surface area contributed by atoms with E-state index in [1.54, 1.807) is 18.2 Å². The Bertz CT molecular complexity index is 428. The normalized spacial score (nSPS) is 11.6. The molecule has 78 valence electrons. The summed E-state index contributed by atoms with van der Waals surface area (Å²) in [6.07, 6.45) is 1.20. The summed E-state index contributed by atoms with van der Waals surface area (Å²) in [4.78, 5) is 0.337. The molecule has 0 aliphatic rings. The van der Waals surface area contributed by atoms with Gasteiger partial charge in [-0.25, -0.2) is 8.42 Å². The van der Waals surface area contributed by atoms with Crippen molar-refractivity contribution in [3.05, 3.63) is 28.2 Å². The Balaban J connectivity index is 3.13. The van der Waals surface area contributed by atoms with Gasteiger partial charge in [-0.1, -0.05) is 22.0 Å². The summed E-state index contributed by atoms with van der Waals surface area (Å²) in [7, 11) is -1.26. The molecule has 1 aromatic rings. The number of rotatable bonds is 3. The lowest BCUT2D eigenvalue weighted by molar-refractivity contribution is 0.601. The highest BCUT2D eigenvalue weighted by molar-refractivity contribution is 9.10. The first-order valence-corrected chi connectivity index (χ1v) is 6.76. The second-order valence-electron chi connectivity index (χ2n) is 3.06. The maximum absolute atomic E-state index is 11.2. The fourth-order valence-corrected chi connectivity index (χ4v) is 2.41. The molecule has 0 fully saturated rings. The van der Waals surface area contributed by atoms with E-state index >= 15 is 0 Å². The molecule has 0 unspecified atom stereocenters. The average Bonchev–Trinajstić information content (AvgIpc) is 2.07. The smallest absolute Gasteiger partial charge is 0.175 e. The van der Waals surface area contributed by atoms with Gasteiger partial charge in [-0.3, -0.25) is 0 Å². The van der Waals surface area contributed by atoms with Crippen molar-refractivity contribution in [2.45, 2.75) is 11.4 Å². The SMILES string of the molecule is CNCc1ccc(S(C)(=O)=O)cc1Br. The first-order chi connectivity index (χ1) is 6.45. The lowest BCUT2D eigenvalue weighted by atomic mass is 10.2. The van der Waals surface area contributed by atoms with Crippen LogP contribution in [0.15, 0.2) is 27.6 Å². The number of halogens is 1. The van der Waals surface area contributed by atoms with Gasteiger partial charge in [0.1, 0.15) is 0 Å². The van der Waals surface area contributed by atoms with Crippen LogP contribution < -0.4 is 5.32 Å². The zero-order valence-electron chi connectivity index (χ0n) is 8.04. The van der Waals surface area contributed by atoms with Crippen LogP contribution in [0.1, 0.15) is 5.56 Å². The van der Waals surface area contributed by atoms with Crippen molar-refractivity contribution in [1.29, 1.82) is 0 Å². The van der Waals surface area contributed by atoms with E-state index in [2.05, 4.69) is 21.2 Å². The third kappa shape index (κ3) is 2.80. The molecule has 14 heavy (non-hydrogen) atoms. The van der Waals surface area contributed by atoms with Gasteiger partial charge in [0.05, 0.1) is 4.90 Å². The molecule has 0 aromatic heterocycles. The zero-order chi connectivity index (χ0) is 10.8. The standard InChI is InChI=1S/C9H12BrNO2S/c1-11-6-7-3-4-8(5-9(7)10)14(2,12)13/h3-5,11H,6H2,1-2H3. The summed E-state index contributed by atoms with van der Waals surface area (Å²) in [5.74, 6) is 0. The molecule has 1 N–H and O–H groups in total. The fourth-order valence-electron chi connectivity index (χ4n) is 1.09. The van der Waals surface area contributed by atoms with Crippen LogP contribution in [0.5, 0.6) is 0 Å². The molecule has 1 rings (SSSR count). The molecule has 3 nitrogen and oxygen atoms in total. The number of hydrogen-bond donors (Lipinski definition) is 1. The average molecular weight is 278 g/mol. The molecular weight excluding hydrogens is 266 g/mol. The van der Waals surface area contributed by atoms with Crippen LogP contribution in [-0.2, 0) is 16.4 Å². The third-order valence-electron chi connectivity index (χ3n) is 1.82. The van der Waals surface area contributed by atoms with Gasteiger partial charge in [0.2, 0.25) is 0 Å². The second-order valence-corrected chi connectivity index (χ2v) is 5.93. The van der Waals surface area contributed by atoms with E-state index in [0.29, 0.717) is 11.4 Å². The van der Waals surface area contributed by atoms with E-state index in [-0.39, 0.29) is 0 Å². The summed E-state index contributed by atoms with van der Waals surface area (Å²) < 4.78 is 23.3. The van der Waals surface area contributed by atoms with Crippen molar-refractivity contribution in [2.24, 2.45) is 0 Å². The number of hydrogen-bond acceptors (Lipinski definition) is 3. The molecule has 0 atom stereocenters. The largest absolute Gasteiger partial charge is 0.316 e. The Labute approximate surface area is 92.6 Å². The Kier molecular flexibility index (Phi) is 3.69. The van der Waals surface area contributed by atoms with Crippen molar-refractivity contribution >= 4 is 25.8 Å². The molecule has 0 spiro atoms. The Morgan fingerprint density at radius 2 is 2.07 bits per heavy atom. The molecular formula is C9H12BrNO2S. The van der Waals surface area contributed by atoms with E-state index in [9.17, 15) is 8.42 Å². The lowest BCUT2D eigenvalue weighted by Crippen LogP contribution is -2.06. The first-order valence-electron chi connectivity index (χ1n) is 4.08. The van der Waals surface area contributed by atoms with Crippen molar-refractivity contribution in [3.8, 4) is 0 Å². The highest BCUT2D eigenvalue weighted by Gasteiger charge is 2.08. The summed E-state index contributed by atoms with van der Waals surface area (Å²) in [5, 5.41) is 3.00. The minimum atomic E-state index is -3.11. The fraction of sp³-hybridized carbons (Fsp3) is 0.333. The molecule has 1 aromatic carbocycles. The van der Waals surface area contributed by atoms with Crippen LogP contribution in [0.4, 0.5) is 0 Å². The molecule has 0 heterocycles. The summed E-state index contributed by atoms with van der Waals surface area (Å²) in [6, 6.07) is 5.05. The van der Waals surface area contributed by atoms with Crippen LogP contribution >= 0.6 is 15.9 Å². The minimum Gasteiger partial charge on any atom is -0.316 e. The summed E-state index contributed by atoms with van der Waals surface area (Å²) >= 11 is 3.34. The van der Waals surface area contributed by atoms with E-state index in [0.717, 1.165) is 10.0 Å². The Hall–Kier alpha value is -0.390. The third-order valence-corrected chi connectivity index (χ3v) is 3.67. The van der Waals surface area contributed by atoms with Crippen LogP contribution in [0.2, 0.25) is 0 Å². The monoisotopic (exact) mass is 277 g/mol. The van der Waals surface area contributed by atoms with Crippen LogP contribution in [-0.4, -0.2) is 21.7 Å². The molecule has 0 radical (unpaired) electrons. The quantitative estimate of drug-likeness (QED) is 0.913. The topological polar surface area (TPSA) is 46.2 Å². The number of benzene rings is 1. The molecule has 0 aliphatic carbocycles. The summed E-state index contributed by atoms with van der Waals surface area (Å²) in [6.45, 7) is 0.713. The first kappa shape index (κ1) is 11.7. The van der Waals surface area contributed by atoms with E-state index in [1.165, 1.54) is 6.26 Å². The highest BCUT2D eigenvalue weighted by atomic mass is 79.9. The van der Waals surface area contributed by atoms with Crippen LogP contribution in [0.25, 0.3) is 0 Å². The van der Waals surface area contributed by atoms with Crippen molar-refractivity contribution in [3.63, 3.8) is 0 Å². The predicted octanol–water partition coefficient (Wildman–Crippen LogP) is 1.57. The van der Waals surface area contributed by atoms with E-state index < -0.39 is 9.84 Å². The highest BCUT2D eigenvalue weighted by Crippen LogP contribution is 2.21. The molecule has 0 saturated heterocycles. The van der Waals surface area contributed by atoms with E-state index in [4.69, 9.17) is 0 Å². The molecule has 0 bridgehead atoms. The van der Waals surface area contributed by atoms with Gasteiger partial charge in [0.25, 0.3) is 0 Å². The van der Waals surface area contributed by atoms with Crippen molar-refractivity contribution in [1.82, 2.24) is 5.32 Å². The van der Waals surface area contributed by atoms with E-state index in [1.807, 2.05) is 7.05 Å². The van der Waals surface area contributed by atoms with Crippen LogP contribution in [0, 0.1) is 0 Å². The Morgan fingerprint density at radius 1 is 1.43 bits per heavy atom. The van der Waals surface area contributed by atoms with Gasteiger partial charge in [-0.2, -0.15) is 0 Å². The van der Waals surface area contributed by atoms with Gasteiger partial charge in [-0.15, -0.1) is 0 Å². The summed E-state index contributed by atoms with van der Waals surface area (Å²) in [5.41, 5.74) is 1.04. The van der Waals surface area contributed by atoms with Gasteiger partial charge in [0.15, 0.2) is 9.84 Å². The predicted molar refractivity (Wildman–Crippen MR) is 60.0 cm³/mol. The molecule has 0 aliphatic heterocycles. The van der Waals surface area contributed by atoms with Gasteiger partial charge in [0, 0.05) is 17.3 Å². The number of sulfone groups is 1. The molecule has 0 saturated carbocycles. The van der Waals surface area contributed by atoms with Crippen LogP contribution in [0.3, 0.4) is 0 Å². The maximum atomic E-state index is 11.2. The van der Waals surface area contributed by atoms with Crippen molar-refractivity contribution < 1.29 is 8.42 Å². The molecule has 0 amide bonds. The zero-order valence-corrected chi connectivity index (χ0v) is 10.4. The molecule has 5 heteroatoms. The minimum absolute atomic E-state index is 0.337. The Morgan fingerprint density at radius 3 is 2.50 bits per heavy atom. The van der Waals surface area contributed by atoms with Gasteiger partial charge in [-0.05, 0) is 24.7 Å². The number of nitrogens with one attached hydrogen (secondary N) is 1. The van der Waals surface area contributed by atoms with Gasteiger partial charge >= 0.3 is 0 Å². The lowest BCUT2D eigenvalue weighted by Gasteiger charge is -2.05. The van der Waals surface area contributed by atoms with Crippen molar-refractivity contribution in [2.75, 3.05) is 13.3 Å². The maximum Gasteiger partial charge on any atom is 0.175 e. The van der Waals surface area contributed by atoms with Gasteiger partial charge < -0.3 is 5.32 Å².